The molecule has 1 amide bonds. The van der Waals surface area contributed by atoms with E-state index < -0.39 is 0 Å². The first-order valence-corrected chi connectivity index (χ1v) is 11.3. The van der Waals surface area contributed by atoms with Gasteiger partial charge in [0.2, 0.25) is 5.91 Å². The molecule has 158 valence electrons. The second-order valence-corrected chi connectivity index (χ2v) is 8.07. The Balaban J connectivity index is 1.67. The molecule has 0 unspecified atom stereocenters. The zero-order chi connectivity index (χ0) is 21.3. The van der Waals surface area contributed by atoms with E-state index in [0.717, 1.165) is 59.2 Å². The van der Waals surface area contributed by atoms with Crippen LogP contribution in [0, 0.1) is 5.92 Å². The Kier molecular flexibility index (Phi) is 7.85. The fraction of sp³-hybridized carbons (Fsp3) is 0.333. The number of carbonyl (C=O) groups excluding carboxylic acids is 1. The molecule has 30 heavy (non-hydrogen) atoms. The third kappa shape index (κ3) is 5.83. The second-order valence-electron chi connectivity index (χ2n) is 7.21. The SMILES string of the molecule is CCCC[C@H](CC)C(=O)Nc1cccc(-c2csc(Nc3ccc(OC)cc3)n2)c1. The van der Waals surface area contributed by atoms with Crippen molar-refractivity contribution >= 4 is 33.8 Å². The Bertz CT molecular complexity index is 953. The van der Waals surface area contributed by atoms with Crippen LogP contribution in [0.5, 0.6) is 5.75 Å². The monoisotopic (exact) mass is 423 g/mol. The normalized spacial score (nSPS) is 11.7. The Morgan fingerprint density at radius 3 is 2.63 bits per heavy atom. The van der Waals surface area contributed by atoms with Crippen LogP contribution in [0.2, 0.25) is 0 Å². The Hall–Kier alpha value is -2.86. The lowest BCUT2D eigenvalue weighted by atomic mass is 9.98. The number of benzene rings is 2. The predicted molar refractivity (Wildman–Crippen MR) is 126 cm³/mol. The van der Waals surface area contributed by atoms with Crippen molar-refractivity contribution in [1.82, 2.24) is 4.98 Å². The summed E-state index contributed by atoms with van der Waals surface area (Å²) in [5.74, 6) is 0.982. The summed E-state index contributed by atoms with van der Waals surface area (Å²) in [6, 6.07) is 15.6. The fourth-order valence-corrected chi connectivity index (χ4v) is 3.97. The van der Waals surface area contributed by atoms with Crippen LogP contribution >= 0.6 is 11.3 Å². The first kappa shape index (κ1) is 21.8. The van der Waals surface area contributed by atoms with E-state index in [4.69, 9.17) is 9.72 Å². The molecule has 2 aromatic carbocycles. The highest BCUT2D eigenvalue weighted by Crippen LogP contribution is 2.29. The summed E-state index contributed by atoms with van der Waals surface area (Å²) in [5, 5.41) is 9.23. The maximum Gasteiger partial charge on any atom is 0.227 e. The largest absolute Gasteiger partial charge is 0.497 e. The van der Waals surface area contributed by atoms with Crippen LogP contribution in [-0.2, 0) is 4.79 Å². The van der Waals surface area contributed by atoms with Crippen molar-refractivity contribution in [3.05, 3.63) is 53.9 Å². The fourth-order valence-electron chi connectivity index (χ4n) is 3.23. The number of nitrogens with one attached hydrogen (secondary N) is 2. The molecule has 0 aliphatic heterocycles. The van der Waals surface area contributed by atoms with Gasteiger partial charge in [0, 0.05) is 28.2 Å². The number of amides is 1. The van der Waals surface area contributed by atoms with Crippen LogP contribution in [-0.4, -0.2) is 18.0 Å². The average Bonchev–Trinajstić information content (AvgIpc) is 3.23. The third-order valence-corrected chi connectivity index (χ3v) is 5.80. The standard InChI is InChI=1S/C24H29N3O2S/c1-4-6-8-17(5-2)23(28)25-20-10-7-9-18(15-20)22-16-30-24(27-22)26-19-11-13-21(29-3)14-12-19/h7,9-17H,4-6,8H2,1-3H3,(H,25,28)(H,26,27)/t17-/m0/s1. The van der Waals surface area contributed by atoms with Gasteiger partial charge in [-0.15, -0.1) is 11.3 Å². The molecule has 6 heteroatoms. The first-order chi connectivity index (χ1) is 14.6. The van der Waals surface area contributed by atoms with E-state index in [9.17, 15) is 4.79 Å². The van der Waals surface area contributed by atoms with Crippen molar-refractivity contribution in [3.8, 4) is 17.0 Å². The van der Waals surface area contributed by atoms with E-state index in [1.165, 1.54) is 0 Å². The van der Waals surface area contributed by atoms with Gasteiger partial charge in [0.15, 0.2) is 5.13 Å². The molecule has 0 spiro atoms. The highest BCUT2D eigenvalue weighted by molar-refractivity contribution is 7.14. The van der Waals surface area contributed by atoms with E-state index in [1.54, 1.807) is 18.4 Å². The van der Waals surface area contributed by atoms with Crippen molar-refractivity contribution in [2.45, 2.75) is 39.5 Å². The minimum absolute atomic E-state index is 0.0631. The Morgan fingerprint density at radius 2 is 1.93 bits per heavy atom. The van der Waals surface area contributed by atoms with Gasteiger partial charge < -0.3 is 15.4 Å². The van der Waals surface area contributed by atoms with Gasteiger partial charge in [0.05, 0.1) is 12.8 Å². The lowest BCUT2D eigenvalue weighted by molar-refractivity contribution is -0.120. The van der Waals surface area contributed by atoms with Gasteiger partial charge in [-0.3, -0.25) is 4.79 Å². The van der Waals surface area contributed by atoms with Crippen molar-refractivity contribution < 1.29 is 9.53 Å². The molecule has 0 fully saturated rings. The highest BCUT2D eigenvalue weighted by Gasteiger charge is 2.16. The molecule has 0 saturated heterocycles. The van der Waals surface area contributed by atoms with Gasteiger partial charge in [-0.25, -0.2) is 4.98 Å². The van der Waals surface area contributed by atoms with Crippen LogP contribution in [0.25, 0.3) is 11.3 Å². The van der Waals surface area contributed by atoms with E-state index in [0.29, 0.717) is 0 Å². The summed E-state index contributed by atoms with van der Waals surface area (Å²) < 4.78 is 5.19. The second kappa shape index (κ2) is 10.8. The zero-order valence-electron chi connectivity index (χ0n) is 17.8. The third-order valence-electron chi connectivity index (χ3n) is 5.04. The van der Waals surface area contributed by atoms with Gasteiger partial charge in [-0.05, 0) is 49.2 Å². The lowest BCUT2D eigenvalue weighted by Crippen LogP contribution is -2.22. The van der Waals surface area contributed by atoms with Gasteiger partial charge in [-0.1, -0.05) is 38.8 Å². The number of hydrogen-bond donors (Lipinski definition) is 2. The van der Waals surface area contributed by atoms with Gasteiger partial charge >= 0.3 is 0 Å². The summed E-state index contributed by atoms with van der Waals surface area (Å²) in [4.78, 5) is 17.3. The molecular formula is C24H29N3O2S. The molecule has 0 aliphatic rings. The number of methoxy groups -OCH3 is 1. The predicted octanol–water partition coefficient (Wildman–Crippen LogP) is 6.72. The molecule has 3 aromatic rings. The number of carbonyl (C=O) groups is 1. The number of thiazole rings is 1. The molecule has 2 N–H and O–H groups in total. The maximum absolute atomic E-state index is 12.6. The summed E-state index contributed by atoms with van der Waals surface area (Å²) in [6.45, 7) is 4.22. The smallest absolute Gasteiger partial charge is 0.227 e. The van der Waals surface area contributed by atoms with Gasteiger partial charge in [0.1, 0.15) is 5.75 Å². The molecular weight excluding hydrogens is 394 g/mol. The summed E-state index contributed by atoms with van der Waals surface area (Å²) >= 11 is 1.55. The molecule has 5 nitrogen and oxygen atoms in total. The van der Waals surface area contributed by atoms with Crippen molar-refractivity contribution in [2.24, 2.45) is 5.92 Å². The summed E-state index contributed by atoms with van der Waals surface area (Å²) in [5.41, 5.74) is 3.62. The summed E-state index contributed by atoms with van der Waals surface area (Å²) in [7, 11) is 1.65. The average molecular weight is 424 g/mol. The van der Waals surface area contributed by atoms with Crippen LogP contribution in [0.1, 0.15) is 39.5 Å². The van der Waals surface area contributed by atoms with Crippen molar-refractivity contribution in [3.63, 3.8) is 0 Å². The molecule has 1 atom stereocenters. The molecule has 0 aliphatic carbocycles. The zero-order valence-corrected chi connectivity index (χ0v) is 18.6. The van der Waals surface area contributed by atoms with Crippen LogP contribution < -0.4 is 15.4 Å². The van der Waals surface area contributed by atoms with Crippen LogP contribution in [0.3, 0.4) is 0 Å². The molecule has 0 saturated carbocycles. The molecule has 0 radical (unpaired) electrons. The van der Waals surface area contributed by atoms with Crippen molar-refractivity contribution in [2.75, 3.05) is 17.7 Å². The number of ether oxygens (including phenoxy) is 1. The number of anilines is 3. The molecule has 1 heterocycles. The van der Waals surface area contributed by atoms with E-state index in [1.807, 2.05) is 53.9 Å². The number of nitrogens with zero attached hydrogens (tertiary/aromatic N) is 1. The molecule has 3 rings (SSSR count). The summed E-state index contributed by atoms with van der Waals surface area (Å²) in [6.07, 6.45) is 3.98. The van der Waals surface area contributed by atoms with E-state index >= 15 is 0 Å². The lowest BCUT2D eigenvalue weighted by Gasteiger charge is -2.15. The number of hydrogen-bond acceptors (Lipinski definition) is 5. The van der Waals surface area contributed by atoms with Crippen molar-refractivity contribution in [1.29, 1.82) is 0 Å². The van der Waals surface area contributed by atoms with Crippen LogP contribution in [0.4, 0.5) is 16.5 Å². The molecule has 1 aromatic heterocycles. The Morgan fingerprint density at radius 1 is 1.13 bits per heavy atom. The van der Waals surface area contributed by atoms with Crippen LogP contribution in [0.15, 0.2) is 53.9 Å². The number of rotatable bonds is 10. The maximum atomic E-state index is 12.6. The first-order valence-electron chi connectivity index (χ1n) is 10.4. The van der Waals surface area contributed by atoms with E-state index in [2.05, 4.69) is 24.5 Å². The molecule has 0 bridgehead atoms. The quantitative estimate of drug-likeness (QED) is 0.380. The number of unbranched alkanes of at least 4 members (excludes halogenated alkanes) is 1. The minimum Gasteiger partial charge on any atom is -0.497 e. The van der Waals surface area contributed by atoms with Gasteiger partial charge in [-0.2, -0.15) is 0 Å². The topological polar surface area (TPSA) is 63.2 Å². The Labute approximate surface area is 182 Å². The van der Waals surface area contributed by atoms with E-state index in [-0.39, 0.29) is 11.8 Å². The highest BCUT2D eigenvalue weighted by atomic mass is 32.1. The minimum atomic E-state index is 0.0631. The number of aromatic nitrogens is 1. The van der Waals surface area contributed by atoms with Gasteiger partial charge in [0.25, 0.3) is 0 Å².